The normalized spacial score (nSPS) is 17.9. The van der Waals surface area contributed by atoms with E-state index in [1.807, 2.05) is 24.3 Å². The van der Waals surface area contributed by atoms with Gasteiger partial charge in [0.05, 0.1) is 17.6 Å². The Balaban J connectivity index is 1.79. The van der Waals surface area contributed by atoms with Crippen molar-refractivity contribution in [3.05, 3.63) is 71.1 Å². The van der Waals surface area contributed by atoms with E-state index in [1.54, 1.807) is 12.1 Å². The number of imide groups is 1. The molecule has 0 spiro atoms. The van der Waals surface area contributed by atoms with E-state index in [1.165, 1.54) is 11.8 Å². The van der Waals surface area contributed by atoms with Crippen LogP contribution >= 0.6 is 0 Å². The number of carbonyl (C=O) groups is 2. The number of nitrogens with zero attached hydrogens (tertiary/aromatic N) is 2. The Morgan fingerprint density at radius 3 is 2.61 bits per heavy atom. The average molecular weight is 415 g/mol. The van der Waals surface area contributed by atoms with Crippen LogP contribution in [0.5, 0.6) is 5.75 Å². The molecule has 0 unspecified atom stereocenters. The second-order valence-corrected chi connectivity index (χ2v) is 8.78. The molecule has 6 heteroatoms. The van der Waals surface area contributed by atoms with E-state index in [4.69, 9.17) is 0 Å². The molecule has 0 aliphatic carbocycles. The molecule has 2 aliphatic rings. The topological polar surface area (TPSA) is 74.6 Å². The first-order valence-corrected chi connectivity index (χ1v) is 10.6. The third-order valence-corrected chi connectivity index (χ3v) is 6.11. The van der Waals surface area contributed by atoms with Crippen molar-refractivity contribution in [2.24, 2.45) is 5.92 Å². The molecule has 3 heterocycles. The molecule has 6 nitrogen and oxygen atoms in total. The summed E-state index contributed by atoms with van der Waals surface area (Å²) in [6, 6.07) is 13.2. The number of benzene rings is 2. The Morgan fingerprint density at radius 2 is 1.94 bits per heavy atom. The maximum absolute atomic E-state index is 13.4. The first kappa shape index (κ1) is 19.4. The summed E-state index contributed by atoms with van der Waals surface area (Å²) >= 11 is 0. The molecule has 0 saturated heterocycles. The van der Waals surface area contributed by atoms with Crippen molar-refractivity contribution in [2.45, 2.75) is 33.2 Å². The molecule has 1 atom stereocenters. The molecule has 2 aliphatic heterocycles. The molecule has 0 bridgehead atoms. The number of amides is 2. The second kappa shape index (κ2) is 7.01. The summed E-state index contributed by atoms with van der Waals surface area (Å²) in [4.78, 5) is 26.8. The summed E-state index contributed by atoms with van der Waals surface area (Å²) in [5.41, 5.74) is 5.37. The van der Waals surface area contributed by atoms with Crippen LogP contribution in [0.4, 0.5) is 5.69 Å². The Morgan fingerprint density at radius 1 is 1.19 bits per heavy atom. The number of hydrogen-bond acceptors (Lipinski definition) is 4. The van der Waals surface area contributed by atoms with E-state index in [0.717, 1.165) is 40.0 Å². The van der Waals surface area contributed by atoms with Crippen LogP contribution in [0.1, 0.15) is 37.8 Å². The van der Waals surface area contributed by atoms with Gasteiger partial charge in [-0.25, -0.2) is 0 Å². The number of aromatic nitrogens is 1. The monoisotopic (exact) mass is 415 g/mol. The van der Waals surface area contributed by atoms with Crippen LogP contribution in [0.3, 0.4) is 0 Å². The van der Waals surface area contributed by atoms with Gasteiger partial charge in [-0.05, 0) is 41.3 Å². The van der Waals surface area contributed by atoms with Gasteiger partial charge >= 0.3 is 0 Å². The number of phenols is 1. The molecule has 2 N–H and O–H groups in total. The molecule has 0 radical (unpaired) electrons. The summed E-state index contributed by atoms with van der Waals surface area (Å²) in [5.74, 6) is -0.216. The van der Waals surface area contributed by atoms with Crippen molar-refractivity contribution in [3.63, 3.8) is 0 Å². The third-order valence-electron chi connectivity index (χ3n) is 6.11. The van der Waals surface area contributed by atoms with Crippen molar-refractivity contribution < 1.29 is 14.7 Å². The van der Waals surface area contributed by atoms with Crippen molar-refractivity contribution >= 4 is 28.4 Å². The van der Waals surface area contributed by atoms with Gasteiger partial charge in [0.15, 0.2) is 0 Å². The molecule has 3 aromatic rings. The zero-order chi connectivity index (χ0) is 21.9. The highest BCUT2D eigenvalue weighted by Crippen LogP contribution is 2.46. The van der Waals surface area contributed by atoms with E-state index in [9.17, 15) is 14.7 Å². The van der Waals surface area contributed by atoms with E-state index in [2.05, 4.69) is 36.0 Å². The SMILES string of the molecule is CC(=O)N1CC2=C(C1=O)[C@H](c1ccc(O)cc1)c1cn(CC(C)C)c3cccc(c13)N2. The molecule has 158 valence electrons. The van der Waals surface area contributed by atoms with Crippen molar-refractivity contribution in [1.82, 2.24) is 9.47 Å². The van der Waals surface area contributed by atoms with Gasteiger partial charge in [-0.2, -0.15) is 0 Å². The predicted molar refractivity (Wildman–Crippen MR) is 120 cm³/mol. The number of carbonyl (C=O) groups excluding carboxylic acids is 2. The maximum atomic E-state index is 13.4. The summed E-state index contributed by atoms with van der Waals surface area (Å²) in [6.07, 6.45) is 2.15. The minimum Gasteiger partial charge on any atom is -0.508 e. The lowest BCUT2D eigenvalue weighted by Crippen LogP contribution is -2.33. The first-order chi connectivity index (χ1) is 14.8. The third kappa shape index (κ3) is 3.02. The highest BCUT2D eigenvalue weighted by Gasteiger charge is 2.41. The van der Waals surface area contributed by atoms with Gasteiger partial charge < -0.3 is 15.0 Å². The molecule has 1 aromatic heterocycles. The average Bonchev–Trinajstić information content (AvgIpc) is 3.18. The Kier molecular flexibility index (Phi) is 4.39. The van der Waals surface area contributed by atoms with Crippen molar-refractivity contribution in [3.8, 4) is 5.75 Å². The molecule has 2 aromatic carbocycles. The van der Waals surface area contributed by atoms with Crippen LogP contribution in [0.25, 0.3) is 10.9 Å². The van der Waals surface area contributed by atoms with Gasteiger partial charge in [-0.15, -0.1) is 0 Å². The largest absolute Gasteiger partial charge is 0.508 e. The van der Waals surface area contributed by atoms with Crippen LogP contribution in [-0.4, -0.2) is 32.9 Å². The summed E-state index contributed by atoms with van der Waals surface area (Å²) in [6.45, 7) is 6.89. The zero-order valence-corrected chi connectivity index (χ0v) is 17.8. The molecule has 2 amide bonds. The van der Waals surface area contributed by atoms with Crippen LogP contribution < -0.4 is 5.32 Å². The number of aromatic hydroxyl groups is 1. The quantitative estimate of drug-likeness (QED) is 0.672. The maximum Gasteiger partial charge on any atom is 0.259 e. The lowest BCUT2D eigenvalue weighted by Gasteiger charge is -2.19. The minimum atomic E-state index is -0.334. The van der Waals surface area contributed by atoms with Gasteiger partial charge in [0.1, 0.15) is 5.75 Å². The highest BCUT2D eigenvalue weighted by molar-refractivity contribution is 6.11. The Bertz CT molecular complexity index is 1250. The molecule has 0 fully saturated rings. The Labute approximate surface area is 180 Å². The van der Waals surface area contributed by atoms with E-state index in [-0.39, 0.29) is 30.0 Å². The first-order valence-electron chi connectivity index (χ1n) is 10.6. The summed E-state index contributed by atoms with van der Waals surface area (Å²) < 4.78 is 2.25. The number of hydrogen-bond donors (Lipinski definition) is 2. The van der Waals surface area contributed by atoms with Crippen LogP contribution in [-0.2, 0) is 16.1 Å². The molecule has 0 saturated carbocycles. The van der Waals surface area contributed by atoms with E-state index >= 15 is 0 Å². The molecular formula is C25H25N3O3. The van der Waals surface area contributed by atoms with Gasteiger partial charge in [-0.3, -0.25) is 14.5 Å². The predicted octanol–water partition coefficient (Wildman–Crippen LogP) is 4.20. The standard InChI is InChI=1S/C25H25N3O3/c1-14(2)11-27-12-18-22(16-7-9-17(30)10-8-16)24-20(13-28(15(3)29)25(24)31)26-19-5-4-6-21(27)23(18)19/h4-10,12,14,22,26,30H,11,13H2,1-3H3/t22-/m1/s1. The molecule has 5 rings (SSSR count). The van der Waals surface area contributed by atoms with Crippen LogP contribution in [0.2, 0.25) is 0 Å². The fraction of sp³-hybridized carbons (Fsp3) is 0.280. The smallest absolute Gasteiger partial charge is 0.259 e. The summed E-state index contributed by atoms with van der Waals surface area (Å²) in [5, 5.41) is 14.4. The van der Waals surface area contributed by atoms with Gasteiger partial charge in [0.25, 0.3) is 5.91 Å². The fourth-order valence-electron chi connectivity index (χ4n) is 4.83. The lowest BCUT2D eigenvalue weighted by molar-refractivity contribution is -0.139. The highest BCUT2D eigenvalue weighted by atomic mass is 16.3. The van der Waals surface area contributed by atoms with Crippen molar-refractivity contribution in [1.29, 1.82) is 0 Å². The minimum absolute atomic E-state index is 0.177. The number of nitrogens with one attached hydrogen (secondary N) is 1. The van der Waals surface area contributed by atoms with Gasteiger partial charge in [-0.1, -0.05) is 32.0 Å². The second-order valence-electron chi connectivity index (χ2n) is 8.78. The van der Waals surface area contributed by atoms with E-state index in [0.29, 0.717) is 11.5 Å². The van der Waals surface area contributed by atoms with Crippen LogP contribution in [0, 0.1) is 5.92 Å². The van der Waals surface area contributed by atoms with Gasteiger partial charge in [0, 0.05) is 42.4 Å². The molecule has 31 heavy (non-hydrogen) atoms. The molecular weight excluding hydrogens is 390 g/mol. The number of phenolic OH excluding ortho intramolecular Hbond substituents is 1. The number of rotatable bonds is 3. The van der Waals surface area contributed by atoms with Crippen LogP contribution in [0.15, 0.2) is 59.9 Å². The fourth-order valence-corrected chi connectivity index (χ4v) is 4.83. The number of anilines is 1. The summed E-state index contributed by atoms with van der Waals surface area (Å²) in [7, 11) is 0. The zero-order valence-electron chi connectivity index (χ0n) is 17.8. The lowest BCUT2D eigenvalue weighted by atomic mass is 9.84. The van der Waals surface area contributed by atoms with Gasteiger partial charge in [0.2, 0.25) is 5.91 Å². The Hall–Kier alpha value is -3.54. The van der Waals surface area contributed by atoms with Crippen molar-refractivity contribution in [2.75, 3.05) is 11.9 Å². The van der Waals surface area contributed by atoms with E-state index < -0.39 is 0 Å².